The number of benzene rings is 1. The van der Waals surface area contributed by atoms with Gasteiger partial charge in [0.15, 0.2) is 0 Å². The van der Waals surface area contributed by atoms with Crippen LogP contribution < -0.4 is 14.9 Å². The predicted molar refractivity (Wildman–Crippen MR) is 95.6 cm³/mol. The van der Waals surface area contributed by atoms with Crippen LogP contribution in [0, 0.1) is 0 Å². The van der Waals surface area contributed by atoms with Crippen LogP contribution in [0.3, 0.4) is 0 Å². The summed E-state index contributed by atoms with van der Waals surface area (Å²) < 4.78 is 5.30. The first-order valence-electron chi connectivity index (χ1n) is 7.35. The van der Waals surface area contributed by atoms with E-state index in [-0.39, 0.29) is 9.23 Å². The number of thiocarbonyl (C=S) groups is 1. The molecule has 0 aromatic heterocycles. The second-order valence-corrected chi connectivity index (χ2v) is 6.81. The normalized spacial score (nSPS) is 16.6. The lowest BCUT2D eigenvalue weighted by molar-refractivity contribution is -0.319. The molecule has 1 aliphatic heterocycles. The summed E-state index contributed by atoms with van der Waals surface area (Å²) in [5, 5.41) is 21.9. The van der Waals surface area contributed by atoms with Crippen molar-refractivity contribution >= 4 is 52.2 Å². The van der Waals surface area contributed by atoms with E-state index in [0.717, 1.165) is 16.7 Å². The van der Waals surface area contributed by atoms with E-state index in [4.69, 9.17) is 17.0 Å². The van der Waals surface area contributed by atoms with Crippen LogP contribution in [-0.2, 0) is 14.4 Å². The zero-order chi connectivity index (χ0) is 19.3. The number of carbonyl (C=O) groups is 3. The highest BCUT2D eigenvalue weighted by molar-refractivity contribution is 8.26. The minimum absolute atomic E-state index is 0.0531. The number of nitrogens with zero attached hydrogens (tertiary/aromatic N) is 1. The molecule has 1 fully saturated rings. The number of hydrogen-bond donors (Lipinski definition) is 0. The molecule has 0 saturated carbocycles. The number of thioether (sulfide) groups is 1. The number of hydrogen-bond acceptors (Lipinski definition) is 8. The Bertz CT molecular complexity index is 787. The number of carboxylic acid groups (broad SMARTS) is 2. The molecule has 0 radical (unpaired) electrons. The average Bonchev–Trinajstić information content (AvgIpc) is 2.85. The quantitative estimate of drug-likeness (QED) is 0.338. The fourth-order valence-electron chi connectivity index (χ4n) is 2.15. The molecule has 1 saturated heterocycles. The van der Waals surface area contributed by atoms with Crippen LogP contribution >= 0.6 is 24.0 Å². The number of amides is 1. The highest BCUT2D eigenvalue weighted by atomic mass is 32.2. The van der Waals surface area contributed by atoms with Gasteiger partial charge in [-0.05, 0) is 23.8 Å². The van der Waals surface area contributed by atoms with Crippen molar-refractivity contribution in [2.45, 2.75) is 12.5 Å². The van der Waals surface area contributed by atoms with Gasteiger partial charge in [0, 0.05) is 12.4 Å². The third kappa shape index (κ3) is 4.70. The first-order valence-corrected chi connectivity index (χ1v) is 8.57. The summed E-state index contributed by atoms with van der Waals surface area (Å²) in [6.07, 6.45) is 2.24. The van der Waals surface area contributed by atoms with Gasteiger partial charge in [-0.1, -0.05) is 48.8 Å². The van der Waals surface area contributed by atoms with Crippen LogP contribution in [0.1, 0.15) is 12.0 Å². The molecule has 0 bridgehead atoms. The summed E-state index contributed by atoms with van der Waals surface area (Å²) in [6, 6.07) is 5.12. The summed E-state index contributed by atoms with van der Waals surface area (Å²) >= 11 is 5.91. The van der Waals surface area contributed by atoms with Crippen molar-refractivity contribution in [1.82, 2.24) is 4.90 Å². The van der Waals surface area contributed by atoms with E-state index in [1.54, 1.807) is 30.3 Å². The molecule has 9 heteroatoms. The second kappa shape index (κ2) is 8.63. The molecule has 0 spiro atoms. The maximum atomic E-state index is 12.5. The van der Waals surface area contributed by atoms with Crippen LogP contribution in [0.2, 0.25) is 0 Å². The number of carboxylic acids is 2. The van der Waals surface area contributed by atoms with Crippen LogP contribution in [-0.4, -0.2) is 39.7 Å². The number of carbonyl (C=O) groups excluding carboxylic acids is 3. The minimum Gasteiger partial charge on any atom is -0.550 e. The Morgan fingerprint density at radius 2 is 1.96 bits per heavy atom. The van der Waals surface area contributed by atoms with Gasteiger partial charge in [-0.15, -0.1) is 0 Å². The Balaban J connectivity index is 2.21. The van der Waals surface area contributed by atoms with Crippen LogP contribution in [0.4, 0.5) is 0 Å². The van der Waals surface area contributed by atoms with Crippen LogP contribution in [0.5, 0.6) is 5.75 Å². The predicted octanol–water partition coefficient (Wildman–Crippen LogP) is -0.289. The lowest BCUT2D eigenvalue weighted by Gasteiger charge is -2.27. The van der Waals surface area contributed by atoms with Crippen molar-refractivity contribution in [3.05, 3.63) is 47.4 Å². The molecule has 1 heterocycles. The monoisotopic (exact) mass is 391 g/mol. The van der Waals surface area contributed by atoms with E-state index in [0.29, 0.717) is 17.9 Å². The Hall–Kier alpha value is -2.65. The number of aliphatic carboxylic acids is 2. The summed E-state index contributed by atoms with van der Waals surface area (Å²) in [4.78, 5) is 35.3. The Morgan fingerprint density at radius 1 is 1.31 bits per heavy atom. The Labute approximate surface area is 158 Å². The molecule has 1 amide bonds. The molecule has 2 rings (SSSR count). The first-order chi connectivity index (χ1) is 12.3. The fraction of sp³-hybridized carbons (Fsp3) is 0.176. The van der Waals surface area contributed by atoms with Crippen LogP contribution in [0.15, 0.2) is 41.8 Å². The van der Waals surface area contributed by atoms with Crippen molar-refractivity contribution in [2.75, 3.05) is 6.61 Å². The van der Waals surface area contributed by atoms with Gasteiger partial charge in [-0.25, -0.2) is 0 Å². The summed E-state index contributed by atoms with van der Waals surface area (Å²) in [5.41, 5.74) is 0.668. The smallest absolute Gasteiger partial charge is 0.266 e. The van der Waals surface area contributed by atoms with Crippen LogP contribution in [0.25, 0.3) is 6.08 Å². The summed E-state index contributed by atoms with van der Waals surface area (Å²) in [6.45, 7) is 3.91. The number of ether oxygens (including phenoxy) is 1. The SMILES string of the molecule is C=CCOc1ccc(/C=C2/SC(=S)N([C@H](CC(=O)[O-])C(=O)[O-])C2=O)cc1. The molecule has 1 atom stereocenters. The highest BCUT2D eigenvalue weighted by Gasteiger charge is 2.37. The molecule has 136 valence electrons. The van der Waals surface area contributed by atoms with Gasteiger partial charge < -0.3 is 24.5 Å². The molecule has 0 N–H and O–H groups in total. The van der Waals surface area contributed by atoms with E-state index in [9.17, 15) is 24.6 Å². The van der Waals surface area contributed by atoms with Gasteiger partial charge in [-0.2, -0.15) is 0 Å². The van der Waals surface area contributed by atoms with Gasteiger partial charge in [0.2, 0.25) is 0 Å². The fourth-order valence-corrected chi connectivity index (χ4v) is 3.51. The minimum atomic E-state index is -1.71. The van der Waals surface area contributed by atoms with Gasteiger partial charge in [0.05, 0.1) is 16.9 Å². The Morgan fingerprint density at radius 3 is 2.50 bits per heavy atom. The third-order valence-corrected chi connectivity index (χ3v) is 4.64. The van der Waals surface area contributed by atoms with Gasteiger partial charge >= 0.3 is 0 Å². The van der Waals surface area contributed by atoms with Crippen molar-refractivity contribution < 1.29 is 29.3 Å². The molecule has 1 aromatic carbocycles. The number of rotatable bonds is 8. The standard InChI is InChI=1S/C17H15NO6S2/c1-2-7-24-11-5-3-10(4-6-11)8-13-15(21)18(17(25)26-13)12(16(22)23)9-14(19)20/h2-6,8,12H,1,7,9H2,(H,19,20)(H,22,23)/p-2/b13-8+/t12-/m1/s1. The zero-order valence-electron chi connectivity index (χ0n) is 13.4. The molecule has 0 unspecified atom stereocenters. The van der Waals surface area contributed by atoms with E-state index >= 15 is 0 Å². The lowest BCUT2D eigenvalue weighted by Crippen LogP contribution is -2.52. The van der Waals surface area contributed by atoms with Crippen molar-refractivity contribution in [3.8, 4) is 5.75 Å². The highest BCUT2D eigenvalue weighted by Crippen LogP contribution is 2.34. The van der Waals surface area contributed by atoms with Gasteiger partial charge in [-0.3, -0.25) is 9.69 Å². The Kier molecular flexibility index (Phi) is 6.53. The van der Waals surface area contributed by atoms with Crippen molar-refractivity contribution in [3.63, 3.8) is 0 Å². The maximum Gasteiger partial charge on any atom is 0.266 e. The maximum absolute atomic E-state index is 12.5. The van der Waals surface area contributed by atoms with E-state index < -0.39 is 30.3 Å². The third-order valence-electron chi connectivity index (χ3n) is 3.31. The zero-order valence-corrected chi connectivity index (χ0v) is 15.0. The van der Waals surface area contributed by atoms with Crippen molar-refractivity contribution in [2.24, 2.45) is 0 Å². The summed E-state index contributed by atoms with van der Waals surface area (Å²) in [7, 11) is 0. The topological polar surface area (TPSA) is 110 Å². The average molecular weight is 391 g/mol. The largest absolute Gasteiger partial charge is 0.550 e. The summed E-state index contributed by atoms with van der Waals surface area (Å²) in [5.74, 6) is -3.40. The first kappa shape index (κ1) is 19.7. The molecule has 0 aliphatic carbocycles. The van der Waals surface area contributed by atoms with E-state index in [2.05, 4.69) is 6.58 Å². The molecular formula is C17H13NO6S2-2. The molecule has 1 aliphatic rings. The molecule has 1 aromatic rings. The molecular weight excluding hydrogens is 378 g/mol. The van der Waals surface area contributed by atoms with Gasteiger partial charge in [0.1, 0.15) is 16.7 Å². The van der Waals surface area contributed by atoms with E-state index in [1.807, 2.05) is 0 Å². The van der Waals surface area contributed by atoms with Gasteiger partial charge in [0.25, 0.3) is 5.91 Å². The van der Waals surface area contributed by atoms with E-state index in [1.165, 1.54) is 6.08 Å². The molecule has 7 nitrogen and oxygen atoms in total. The van der Waals surface area contributed by atoms with Crippen molar-refractivity contribution in [1.29, 1.82) is 0 Å². The molecule has 26 heavy (non-hydrogen) atoms. The lowest BCUT2D eigenvalue weighted by atomic mass is 10.1. The second-order valence-electron chi connectivity index (χ2n) is 5.13.